The van der Waals surface area contributed by atoms with Gasteiger partial charge in [0.15, 0.2) is 0 Å². The van der Waals surface area contributed by atoms with Gasteiger partial charge in [-0.3, -0.25) is 33.6 Å². The Balaban J connectivity index is 2.96. The van der Waals surface area contributed by atoms with Gasteiger partial charge < -0.3 is 58.7 Å². The summed E-state index contributed by atoms with van der Waals surface area (Å²) in [4.78, 5) is 101. The highest BCUT2D eigenvalue weighted by Crippen LogP contribution is 2.14. The van der Waals surface area contributed by atoms with Gasteiger partial charge in [0.2, 0.25) is 41.4 Å². The number of amides is 7. The lowest BCUT2D eigenvalue weighted by Crippen LogP contribution is -2.60. The summed E-state index contributed by atoms with van der Waals surface area (Å²) in [7, 11) is 0. The smallest absolute Gasteiger partial charge is 0.326 e. The van der Waals surface area contributed by atoms with Crippen molar-refractivity contribution < 1.29 is 53.7 Å². The van der Waals surface area contributed by atoms with Crippen LogP contribution in [-0.2, 0) is 44.8 Å². The number of carbonyl (C=O) groups is 8. The molecule has 19 nitrogen and oxygen atoms in total. The highest BCUT2D eigenvalue weighted by Gasteiger charge is 2.34. The van der Waals surface area contributed by atoms with Crippen LogP contribution < -0.4 is 43.4 Å². The van der Waals surface area contributed by atoms with Crippen molar-refractivity contribution in [2.75, 3.05) is 13.2 Å². The number of benzene rings is 1. The number of hydrogen-bond acceptors (Lipinski definition) is 11. The first-order valence-corrected chi connectivity index (χ1v) is 17.7. The van der Waals surface area contributed by atoms with E-state index in [0.29, 0.717) is 18.4 Å². The van der Waals surface area contributed by atoms with E-state index >= 15 is 0 Å². The Morgan fingerprint density at radius 2 is 1.19 bits per heavy atom. The zero-order valence-corrected chi connectivity index (χ0v) is 31.5. The Hall–Kier alpha value is -5.30. The predicted molar refractivity (Wildman–Crippen MR) is 195 cm³/mol. The number of carboxylic acids is 1. The van der Waals surface area contributed by atoms with E-state index in [1.165, 1.54) is 24.3 Å². The summed E-state index contributed by atoms with van der Waals surface area (Å²) in [6, 6.07) is -2.18. The van der Waals surface area contributed by atoms with Crippen LogP contribution in [0, 0.1) is 17.8 Å². The quantitative estimate of drug-likeness (QED) is 0.0551. The lowest BCUT2D eigenvalue weighted by Gasteiger charge is -2.29. The second-order valence-electron chi connectivity index (χ2n) is 13.5. The van der Waals surface area contributed by atoms with E-state index in [-0.39, 0.29) is 12.2 Å². The summed E-state index contributed by atoms with van der Waals surface area (Å²) >= 11 is 0. The number of nitrogens with one attached hydrogen (secondary N) is 6. The first kappa shape index (κ1) is 46.7. The molecule has 0 aliphatic heterocycles. The SMILES string of the molecule is CCC(C)C(NC(=O)C(N)CC(N)=O)C(=O)NC(C(=O)NCC(=O)NC(C(=O)NC(CO)C(=O)NC(Cc1ccc(O)cc1)C(=O)O)C(C)C)C(C)CC. The van der Waals surface area contributed by atoms with Gasteiger partial charge in [-0.1, -0.05) is 66.5 Å². The number of primary amides is 1. The highest BCUT2D eigenvalue weighted by molar-refractivity contribution is 5.96. The van der Waals surface area contributed by atoms with E-state index in [4.69, 9.17) is 11.5 Å². The van der Waals surface area contributed by atoms with Crippen molar-refractivity contribution in [3.8, 4) is 5.75 Å². The summed E-state index contributed by atoms with van der Waals surface area (Å²) in [6.45, 7) is 8.64. The third-order valence-corrected chi connectivity index (χ3v) is 8.84. The van der Waals surface area contributed by atoms with Crippen molar-refractivity contribution in [3.63, 3.8) is 0 Å². The predicted octanol–water partition coefficient (Wildman–Crippen LogP) is -2.50. The van der Waals surface area contributed by atoms with Gasteiger partial charge in [-0.2, -0.15) is 0 Å². The zero-order valence-electron chi connectivity index (χ0n) is 31.5. The Labute approximate surface area is 314 Å². The molecular formula is C35H56N8O11. The van der Waals surface area contributed by atoms with Crippen molar-refractivity contribution >= 4 is 47.3 Å². The summed E-state index contributed by atoms with van der Waals surface area (Å²) in [5, 5.41) is 43.6. The average Bonchev–Trinajstić information content (AvgIpc) is 3.11. The number of aliphatic hydroxyl groups excluding tert-OH is 1. The van der Waals surface area contributed by atoms with E-state index < -0.39 is 121 Å². The van der Waals surface area contributed by atoms with E-state index in [2.05, 4.69) is 31.9 Å². The van der Waals surface area contributed by atoms with Crippen LogP contribution in [0.4, 0.5) is 0 Å². The number of nitrogens with two attached hydrogens (primary N) is 2. The fraction of sp³-hybridized carbons (Fsp3) is 0.600. The molecule has 8 unspecified atom stereocenters. The maximum absolute atomic E-state index is 13.4. The van der Waals surface area contributed by atoms with Gasteiger partial charge in [-0.15, -0.1) is 0 Å². The molecule has 7 amide bonds. The number of aliphatic hydroxyl groups is 1. The second kappa shape index (κ2) is 22.7. The van der Waals surface area contributed by atoms with Crippen molar-refractivity contribution in [2.45, 2.75) is 103 Å². The molecule has 1 rings (SSSR count). The minimum absolute atomic E-state index is 0.0350. The minimum Gasteiger partial charge on any atom is -0.508 e. The Kier molecular flexibility index (Phi) is 19.6. The number of carbonyl (C=O) groups excluding carboxylic acids is 7. The maximum atomic E-state index is 13.4. The molecule has 0 spiro atoms. The molecule has 1 aromatic rings. The van der Waals surface area contributed by atoms with Crippen LogP contribution in [0.1, 0.15) is 66.4 Å². The fourth-order valence-electron chi connectivity index (χ4n) is 5.05. The molecule has 0 saturated heterocycles. The molecule has 0 heterocycles. The number of rotatable bonds is 23. The average molecular weight is 765 g/mol. The van der Waals surface area contributed by atoms with Gasteiger partial charge in [0.1, 0.15) is 36.0 Å². The molecule has 0 aliphatic rings. The lowest BCUT2D eigenvalue weighted by molar-refractivity contribution is -0.142. The van der Waals surface area contributed by atoms with E-state index in [1.807, 2.05) is 0 Å². The fourth-order valence-corrected chi connectivity index (χ4v) is 5.05. The third-order valence-electron chi connectivity index (χ3n) is 8.84. The lowest BCUT2D eigenvalue weighted by atomic mass is 9.94. The van der Waals surface area contributed by atoms with Crippen LogP contribution in [0.25, 0.3) is 0 Å². The topological polar surface area (TPSA) is 321 Å². The van der Waals surface area contributed by atoms with E-state index in [1.54, 1.807) is 41.5 Å². The molecule has 302 valence electrons. The Morgan fingerprint density at radius 3 is 1.67 bits per heavy atom. The molecule has 8 atom stereocenters. The maximum Gasteiger partial charge on any atom is 0.326 e. The zero-order chi connectivity index (χ0) is 41.3. The van der Waals surface area contributed by atoms with Crippen LogP contribution in [0.5, 0.6) is 5.75 Å². The largest absolute Gasteiger partial charge is 0.508 e. The number of aliphatic carboxylic acids is 1. The first-order chi connectivity index (χ1) is 25.2. The van der Waals surface area contributed by atoms with Gasteiger partial charge in [0.05, 0.1) is 25.6 Å². The van der Waals surface area contributed by atoms with Gasteiger partial charge in [-0.25, -0.2) is 4.79 Å². The number of phenols is 1. The van der Waals surface area contributed by atoms with Crippen LogP contribution >= 0.6 is 0 Å². The molecule has 19 heteroatoms. The standard InChI is InChI=1S/C35H56N8O11/c1-7-18(5)28(43-34(52)29(19(6)8-2)42-30(48)22(36)14-25(37)46)32(50)38-15-26(47)41-27(17(3)4)33(51)40-24(16-44)31(49)39-23(35(53)54)13-20-9-11-21(45)12-10-20/h9-12,17-19,22-24,27-29,44-45H,7-8,13-16,36H2,1-6H3,(H2,37,46)(H,38,50)(H,39,49)(H,40,51)(H,41,47)(H,42,48)(H,43,52)(H,53,54). The van der Waals surface area contributed by atoms with Gasteiger partial charge in [-0.05, 0) is 35.4 Å². The number of carboxylic acid groups (broad SMARTS) is 1. The van der Waals surface area contributed by atoms with Crippen molar-refractivity contribution in [1.29, 1.82) is 0 Å². The summed E-state index contributed by atoms with van der Waals surface area (Å²) in [6.07, 6.45) is 0.302. The van der Waals surface area contributed by atoms with Crippen molar-refractivity contribution in [2.24, 2.45) is 29.2 Å². The van der Waals surface area contributed by atoms with Gasteiger partial charge in [0, 0.05) is 6.42 Å². The van der Waals surface area contributed by atoms with Gasteiger partial charge in [0.25, 0.3) is 0 Å². The molecule has 0 bridgehead atoms. The molecule has 0 saturated carbocycles. The van der Waals surface area contributed by atoms with Gasteiger partial charge >= 0.3 is 5.97 Å². The molecule has 0 radical (unpaired) electrons. The van der Waals surface area contributed by atoms with Crippen LogP contribution in [-0.4, -0.2) is 112 Å². The first-order valence-electron chi connectivity index (χ1n) is 17.7. The monoisotopic (exact) mass is 764 g/mol. The second-order valence-corrected chi connectivity index (χ2v) is 13.5. The normalized spacial score (nSPS) is 15.5. The van der Waals surface area contributed by atoms with Crippen LogP contribution in [0.2, 0.25) is 0 Å². The molecule has 1 aromatic carbocycles. The number of phenolic OH excluding ortho intramolecular Hbond substituents is 1. The summed E-state index contributed by atoms with van der Waals surface area (Å²) < 4.78 is 0. The summed E-state index contributed by atoms with van der Waals surface area (Å²) in [5.74, 6) is -8.47. The number of hydrogen-bond donors (Lipinski definition) is 11. The molecule has 0 aromatic heterocycles. The molecular weight excluding hydrogens is 708 g/mol. The summed E-state index contributed by atoms with van der Waals surface area (Å²) in [5.41, 5.74) is 11.4. The molecule has 0 fully saturated rings. The van der Waals surface area contributed by atoms with Crippen LogP contribution in [0.15, 0.2) is 24.3 Å². The third kappa shape index (κ3) is 15.4. The van der Waals surface area contributed by atoms with Crippen LogP contribution in [0.3, 0.4) is 0 Å². The molecule has 54 heavy (non-hydrogen) atoms. The van der Waals surface area contributed by atoms with E-state index in [9.17, 15) is 53.7 Å². The number of aromatic hydroxyl groups is 1. The highest BCUT2D eigenvalue weighted by atomic mass is 16.4. The minimum atomic E-state index is -1.58. The van der Waals surface area contributed by atoms with Crippen molar-refractivity contribution in [1.82, 2.24) is 31.9 Å². The van der Waals surface area contributed by atoms with Crippen molar-refractivity contribution in [3.05, 3.63) is 29.8 Å². The Bertz CT molecular complexity index is 1470. The Morgan fingerprint density at radius 1 is 0.685 bits per heavy atom. The molecule has 13 N–H and O–H groups in total. The van der Waals surface area contributed by atoms with E-state index in [0.717, 1.165) is 0 Å². The molecule has 0 aliphatic carbocycles.